The Morgan fingerprint density at radius 1 is 1.50 bits per heavy atom. The molecule has 1 atom stereocenters. The fraction of sp³-hybridized carbons (Fsp3) is 0.500. The zero-order valence-corrected chi connectivity index (χ0v) is 11.8. The fourth-order valence-corrected chi connectivity index (χ4v) is 4.02. The second kappa shape index (κ2) is 4.86. The van der Waals surface area contributed by atoms with Crippen molar-refractivity contribution in [3.63, 3.8) is 0 Å². The van der Waals surface area contributed by atoms with Crippen LogP contribution >= 0.6 is 11.3 Å². The van der Waals surface area contributed by atoms with Gasteiger partial charge in [0.2, 0.25) is 0 Å². The molecular formula is C14H19N3S. The lowest BCUT2D eigenvalue weighted by Crippen LogP contribution is -2.18. The Bertz CT molecular complexity index is 519. The normalized spacial score (nSPS) is 15.9. The van der Waals surface area contributed by atoms with Gasteiger partial charge in [-0.3, -0.25) is 4.68 Å². The van der Waals surface area contributed by atoms with Gasteiger partial charge in [-0.15, -0.1) is 11.3 Å². The van der Waals surface area contributed by atoms with E-state index in [1.807, 2.05) is 36.3 Å². The third-order valence-corrected chi connectivity index (χ3v) is 4.99. The molecule has 1 aliphatic carbocycles. The van der Waals surface area contributed by atoms with Gasteiger partial charge < -0.3 is 5.32 Å². The van der Waals surface area contributed by atoms with Crippen molar-refractivity contribution in [1.29, 1.82) is 0 Å². The topological polar surface area (TPSA) is 29.9 Å². The number of aromatic nitrogens is 2. The van der Waals surface area contributed by atoms with Gasteiger partial charge in [0.15, 0.2) is 0 Å². The van der Waals surface area contributed by atoms with Crippen molar-refractivity contribution in [1.82, 2.24) is 15.1 Å². The first-order chi connectivity index (χ1) is 8.76. The molecule has 0 spiro atoms. The number of hydrogen-bond acceptors (Lipinski definition) is 3. The third-order valence-electron chi connectivity index (χ3n) is 3.64. The van der Waals surface area contributed by atoms with E-state index in [0.717, 1.165) is 12.1 Å². The molecule has 3 rings (SSSR count). The minimum Gasteiger partial charge on any atom is -0.312 e. The van der Waals surface area contributed by atoms with E-state index in [9.17, 15) is 0 Å². The van der Waals surface area contributed by atoms with E-state index in [1.165, 1.54) is 24.1 Å². The Morgan fingerprint density at radius 2 is 2.39 bits per heavy atom. The fourth-order valence-electron chi connectivity index (χ4n) is 2.65. The lowest BCUT2D eigenvalue weighted by molar-refractivity contribution is 0.586. The van der Waals surface area contributed by atoms with Crippen molar-refractivity contribution in [2.24, 2.45) is 7.05 Å². The number of hydrogen-bond donors (Lipinski definition) is 1. The summed E-state index contributed by atoms with van der Waals surface area (Å²) in [6, 6.07) is 4.90. The summed E-state index contributed by atoms with van der Waals surface area (Å²) in [4.78, 5) is 3.07. The molecule has 0 saturated carbocycles. The molecule has 2 aromatic rings. The van der Waals surface area contributed by atoms with Crippen LogP contribution in [0.4, 0.5) is 0 Å². The first kappa shape index (κ1) is 11.9. The van der Waals surface area contributed by atoms with E-state index < -0.39 is 0 Å². The van der Waals surface area contributed by atoms with Gasteiger partial charge in [0, 0.05) is 35.5 Å². The highest BCUT2D eigenvalue weighted by atomic mass is 32.1. The van der Waals surface area contributed by atoms with Crippen molar-refractivity contribution in [2.75, 3.05) is 7.05 Å². The maximum atomic E-state index is 4.47. The van der Waals surface area contributed by atoms with Crippen molar-refractivity contribution < 1.29 is 0 Å². The first-order valence-corrected chi connectivity index (χ1v) is 7.35. The molecule has 0 amide bonds. The van der Waals surface area contributed by atoms with Gasteiger partial charge in [-0.1, -0.05) is 0 Å². The Balaban J connectivity index is 1.79. The molecule has 1 aliphatic rings. The molecule has 0 aliphatic heterocycles. The van der Waals surface area contributed by atoms with Crippen molar-refractivity contribution in [2.45, 2.75) is 31.7 Å². The van der Waals surface area contributed by atoms with Crippen LogP contribution in [0.3, 0.4) is 0 Å². The second-order valence-corrected chi connectivity index (χ2v) is 6.15. The summed E-state index contributed by atoms with van der Waals surface area (Å²) in [5, 5.41) is 7.89. The minimum absolute atomic E-state index is 0.399. The molecule has 0 bridgehead atoms. The zero-order chi connectivity index (χ0) is 12.5. The predicted molar refractivity (Wildman–Crippen MR) is 75.1 cm³/mol. The summed E-state index contributed by atoms with van der Waals surface area (Å²) in [6.07, 6.45) is 6.87. The van der Waals surface area contributed by atoms with Crippen LogP contribution in [0.5, 0.6) is 0 Å². The van der Waals surface area contributed by atoms with Crippen LogP contribution < -0.4 is 5.32 Å². The number of nitrogens with zero attached hydrogens (tertiary/aromatic N) is 2. The van der Waals surface area contributed by atoms with Gasteiger partial charge in [-0.25, -0.2) is 0 Å². The molecule has 4 heteroatoms. The average molecular weight is 261 g/mol. The van der Waals surface area contributed by atoms with Crippen molar-refractivity contribution in [3.8, 4) is 0 Å². The maximum Gasteiger partial charge on any atom is 0.0643 e. The molecule has 3 nitrogen and oxygen atoms in total. The molecule has 0 aromatic carbocycles. The monoisotopic (exact) mass is 261 g/mol. The van der Waals surface area contributed by atoms with Crippen LogP contribution in [0.15, 0.2) is 18.3 Å². The SMILES string of the molecule is CNC(Cc1ccn(C)n1)c1cc2c(s1)CCC2. The first-order valence-electron chi connectivity index (χ1n) is 6.53. The Morgan fingerprint density at radius 3 is 3.06 bits per heavy atom. The Labute approximate surface area is 112 Å². The smallest absolute Gasteiger partial charge is 0.0643 e. The van der Waals surface area contributed by atoms with E-state index in [1.54, 1.807) is 10.4 Å². The zero-order valence-electron chi connectivity index (χ0n) is 10.9. The summed E-state index contributed by atoms with van der Waals surface area (Å²) >= 11 is 1.98. The lowest BCUT2D eigenvalue weighted by atomic mass is 10.1. The predicted octanol–water partition coefficient (Wildman–Crippen LogP) is 2.47. The number of rotatable bonds is 4. The van der Waals surface area contributed by atoms with Gasteiger partial charge in [0.25, 0.3) is 0 Å². The summed E-state index contributed by atoms with van der Waals surface area (Å²) in [7, 11) is 4.01. The largest absolute Gasteiger partial charge is 0.312 e. The molecule has 0 saturated heterocycles. The van der Waals surface area contributed by atoms with E-state index in [0.29, 0.717) is 6.04 Å². The third kappa shape index (κ3) is 2.22. The van der Waals surface area contributed by atoms with Gasteiger partial charge in [-0.05, 0) is 44.0 Å². The number of fused-ring (bicyclic) bond motifs is 1. The van der Waals surface area contributed by atoms with Crippen LogP contribution in [0.2, 0.25) is 0 Å². The number of likely N-dealkylation sites (N-methyl/N-ethyl adjacent to an activating group) is 1. The Kier molecular flexibility index (Phi) is 3.22. The number of aryl methyl sites for hydroxylation is 3. The molecule has 1 unspecified atom stereocenters. The number of thiophene rings is 1. The summed E-state index contributed by atoms with van der Waals surface area (Å²) < 4.78 is 1.87. The van der Waals surface area contributed by atoms with E-state index in [2.05, 4.69) is 22.5 Å². The highest BCUT2D eigenvalue weighted by Gasteiger charge is 2.20. The van der Waals surface area contributed by atoms with Crippen LogP contribution in [-0.2, 0) is 26.3 Å². The van der Waals surface area contributed by atoms with Crippen LogP contribution in [0, 0.1) is 0 Å². The van der Waals surface area contributed by atoms with E-state index >= 15 is 0 Å². The Hall–Kier alpha value is -1.13. The number of nitrogens with one attached hydrogen (secondary N) is 1. The molecular weight excluding hydrogens is 242 g/mol. The van der Waals surface area contributed by atoms with Gasteiger partial charge in [0.1, 0.15) is 0 Å². The van der Waals surface area contributed by atoms with E-state index in [4.69, 9.17) is 0 Å². The van der Waals surface area contributed by atoms with E-state index in [-0.39, 0.29) is 0 Å². The summed E-state index contributed by atoms with van der Waals surface area (Å²) in [5.41, 5.74) is 2.74. The van der Waals surface area contributed by atoms with Crippen LogP contribution in [0.1, 0.15) is 33.5 Å². The van der Waals surface area contributed by atoms with Gasteiger partial charge in [-0.2, -0.15) is 5.10 Å². The standard InChI is InChI=1S/C14H19N3S/c1-15-12(9-11-6-7-17(2)16-11)14-8-10-4-3-5-13(10)18-14/h6-8,12,15H,3-5,9H2,1-2H3. The van der Waals surface area contributed by atoms with Gasteiger partial charge >= 0.3 is 0 Å². The molecule has 0 radical (unpaired) electrons. The van der Waals surface area contributed by atoms with Crippen molar-refractivity contribution >= 4 is 11.3 Å². The molecule has 2 aromatic heterocycles. The molecule has 2 heterocycles. The minimum atomic E-state index is 0.399. The molecule has 96 valence electrons. The molecule has 1 N–H and O–H groups in total. The highest BCUT2D eigenvalue weighted by molar-refractivity contribution is 7.12. The van der Waals surface area contributed by atoms with Crippen LogP contribution in [0.25, 0.3) is 0 Å². The highest BCUT2D eigenvalue weighted by Crippen LogP contribution is 2.34. The quantitative estimate of drug-likeness (QED) is 0.916. The lowest BCUT2D eigenvalue weighted by Gasteiger charge is -2.13. The van der Waals surface area contributed by atoms with Crippen molar-refractivity contribution in [3.05, 3.63) is 39.3 Å². The second-order valence-electron chi connectivity index (χ2n) is 4.98. The maximum absolute atomic E-state index is 4.47. The van der Waals surface area contributed by atoms with Gasteiger partial charge in [0.05, 0.1) is 5.69 Å². The molecule has 18 heavy (non-hydrogen) atoms. The molecule has 0 fully saturated rings. The van der Waals surface area contributed by atoms with Crippen LogP contribution in [-0.4, -0.2) is 16.8 Å². The summed E-state index contributed by atoms with van der Waals surface area (Å²) in [6.45, 7) is 0. The summed E-state index contributed by atoms with van der Waals surface area (Å²) in [5.74, 6) is 0. The average Bonchev–Trinajstić information content (AvgIpc) is 3.00.